The molecule has 30 heavy (non-hydrogen) atoms. The van der Waals surface area contributed by atoms with E-state index < -0.39 is 0 Å². The van der Waals surface area contributed by atoms with Crippen LogP contribution in [0, 0.1) is 0 Å². The van der Waals surface area contributed by atoms with E-state index in [1.807, 2.05) is 42.5 Å². The van der Waals surface area contributed by atoms with Crippen molar-refractivity contribution in [3.63, 3.8) is 0 Å². The van der Waals surface area contributed by atoms with Gasteiger partial charge in [0.2, 0.25) is 0 Å². The molecular weight excluding hydrogens is 402 g/mol. The van der Waals surface area contributed by atoms with Gasteiger partial charge >= 0.3 is 0 Å². The van der Waals surface area contributed by atoms with Crippen LogP contribution in [0.5, 0.6) is 11.5 Å². The number of halogens is 1. The standard InChI is InChI=1S/C23H24ClN3O3/c1-29-20-9-7-16(13-21(20)30-2)11-12-25-23(28)18-8-10-22(27-15-18)26-14-17-5-3-4-6-19(17)24/h3-10,13,15H,11-12,14H2,1-2H3,(H,25,28)(H,26,27). The number of anilines is 1. The van der Waals surface area contributed by atoms with E-state index in [0.29, 0.717) is 47.4 Å². The normalized spacial score (nSPS) is 10.4. The number of amides is 1. The summed E-state index contributed by atoms with van der Waals surface area (Å²) in [4.78, 5) is 16.7. The smallest absolute Gasteiger partial charge is 0.252 e. The minimum atomic E-state index is -0.166. The molecule has 0 aliphatic rings. The molecule has 2 N–H and O–H groups in total. The summed E-state index contributed by atoms with van der Waals surface area (Å²) in [6, 6.07) is 16.9. The highest BCUT2D eigenvalue weighted by Crippen LogP contribution is 2.27. The van der Waals surface area contributed by atoms with E-state index in [2.05, 4.69) is 15.6 Å². The molecule has 3 aromatic rings. The summed E-state index contributed by atoms with van der Waals surface area (Å²) in [5.74, 6) is 1.86. The van der Waals surface area contributed by atoms with Crippen molar-refractivity contribution in [2.45, 2.75) is 13.0 Å². The Bertz CT molecular complexity index is 993. The van der Waals surface area contributed by atoms with Crippen LogP contribution < -0.4 is 20.1 Å². The third-order valence-corrected chi connectivity index (χ3v) is 4.96. The first-order valence-corrected chi connectivity index (χ1v) is 9.91. The van der Waals surface area contributed by atoms with Gasteiger partial charge in [-0.15, -0.1) is 0 Å². The van der Waals surface area contributed by atoms with Crippen LogP contribution in [0.1, 0.15) is 21.5 Å². The van der Waals surface area contributed by atoms with Gasteiger partial charge in [0.25, 0.3) is 5.91 Å². The van der Waals surface area contributed by atoms with Gasteiger partial charge in [-0.2, -0.15) is 0 Å². The Labute approximate surface area is 181 Å². The highest BCUT2D eigenvalue weighted by molar-refractivity contribution is 6.31. The molecule has 0 saturated carbocycles. The summed E-state index contributed by atoms with van der Waals surface area (Å²) in [6.45, 7) is 1.06. The van der Waals surface area contributed by atoms with Crippen LogP contribution >= 0.6 is 11.6 Å². The van der Waals surface area contributed by atoms with Gasteiger partial charge in [0.05, 0.1) is 19.8 Å². The van der Waals surface area contributed by atoms with Crippen molar-refractivity contribution >= 4 is 23.3 Å². The number of ether oxygens (including phenoxy) is 2. The van der Waals surface area contributed by atoms with Gasteiger partial charge in [0, 0.05) is 24.3 Å². The first-order chi connectivity index (χ1) is 14.6. The van der Waals surface area contributed by atoms with Crippen molar-refractivity contribution in [2.24, 2.45) is 0 Å². The SMILES string of the molecule is COc1ccc(CCNC(=O)c2ccc(NCc3ccccc3Cl)nc2)cc1OC. The minimum Gasteiger partial charge on any atom is -0.493 e. The number of benzene rings is 2. The molecule has 0 saturated heterocycles. The number of methoxy groups -OCH3 is 2. The Morgan fingerprint density at radius 1 is 1.03 bits per heavy atom. The van der Waals surface area contributed by atoms with Crippen molar-refractivity contribution in [3.8, 4) is 11.5 Å². The quantitative estimate of drug-likeness (QED) is 0.533. The summed E-state index contributed by atoms with van der Waals surface area (Å²) in [5.41, 5.74) is 2.54. The molecule has 0 atom stereocenters. The van der Waals surface area contributed by atoms with Crippen LogP contribution in [0.15, 0.2) is 60.8 Å². The number of hydrogen-bond acceptors (Lipinski definition) is 5. The number of hydrogen-bond donors (Lipinski definition) is 2. The zero-order chi connectivity index (χ0) is 21.3. The molecule has 0 unspecified atom stereocenters. The van der Waals surface area contributed by atoms with E-state index in [1.165, 1.54) is 0 Å². The van der Waals surface area contributed by atoms with Gasteiger partial charge in [-0.25, -0.2) is 4.98 Å². The highest BCUT2D eigenvalue weighted by atomic mass is 35.5. The van der Waals surface area contributed by atoms with Crippen molar-refractivity contribution in [2.75, 3.05) is 26.1 Å². The maximum absolute atomic E-state index is 12.4. The lowest BCUT2D eigenvalue weighted by atomic mass is 10.1. The van der Waals surface area contributed by atoms with Crippen LogP contribution in [0.3, 0.4) is 0 Å². The van der Waals surface area contributed by atoms with Crippen LogP contribution in [0.2, 0.25) is 5.02 Å². The molecule has 3 rings (SSSR count). The fourth-order valence-corrected chi connectivity index (χ4v) is 3.12. The Morgan fingerprint density at radius 3 is 2.53 bits per heavy atom. The number of carbonyl (C=O) groups excluding carboxylic acids is 1. The molecule has 0 radical (unpaired) electrons. The molecule has 0 bridgehead atoms. The number of aromatic nitrogens is 1. The van der Waals surface area contributed by atoms with E-state index >= 15 is 0 Å². The Kier molecular flexibility index (Phi) is 7.51. The largest absolute Gasteiger partial charge is 0.493 e. The molecule has 2 aromatic carbocycles. The highest BCUT2D eigenvalue weighted by Gasteiger charge is 2.08. The average molecular weight is 426 g/mol. The molecular formula is C23H24ClN3O3. The minimum absolute atomic E-state index is 0.166. The second-order valence-corrected chi connectivity index (χ2v) is 6.98. The zero-order valence-corrected chi connectivity index (χ0v) is 17.7. The van der Waals surface area contributed by atoms with E-state index in [0.717, 1.165) is 11.1 Å². The molecule has 6 nitrogen and oxygen atoms in total. The van der Waals surface area contributed by atoms with Gasteiger partial charge in [-0.1, -0.05) is 35.9 Å². The summed E-state index contributed by atoms with van der Waals surface area (Å²) in [7, 11) is 3.20. The van der Waals surface area contributed by atoms with Crippen molar-refractivity contribution in [3.05, 3.63) is 82.5 Å². The van der Waals surface area contributed by atoms with E-state index in [-0.39, 0.29) is 5.91 Å². The van der Waals surface area contributed by atoms with Crippen molar-refractivity contribution in [1.82, 2.24) is 10.3 Å². The number of nitrogens with zero attached hydrogens (tertiary/aromatic N) is 1. The van der Waals surface area contributed by atoms with E-state index in [1.54, 1.807) is 32.5 Å². The van der Waals surface area contributed by atoms with Crippen molar-refractivity contribution < 1.29 is 14.3 Å². The lowest BCUT2D eigenvalue weighted by Crippen LogP contribution is -2.25. The Morgan fingerprint density at radius 2 is 1.83 bits per heavy atom. The number of pyridine rings is 1. The average Bonchev–Trinajstić information content (AvgIpc) is 2.78. The topological polar surface area (TPSA) is 72.5 Å². The van der Waals surface area contributed by atoms with Gasteiger partial charge in [0.15, 0.2) is 11.5 Å². The van der Waals surface area contributed by atoms with Crippen LogP contribution in [-0.4, -0.2) is 31.7 Å². The summed E-state index contributed by atoms with van der Waals surface area (Å²) in [6.07, 6.45) is 2.23. The number of nitrogens with one attached hydrogen (secondary N) is 2. The fourth-order valence-electron chi connectivity index (χ4n) is 2.92. The van der Waals surface area contributed by atoms with Crippen LogP contribution in [0.25, 0.3) is 0 Å². The number of carbonyl (C=O) groups is 1. The molecule has 7 heteroatoms. The van der Waals surface area contributed by atoms with Gasteiger partial charge in [-0.05, 0) is 47.9 Å². The maximum Gasteiger partial charge on any atom is 0.252 e. The first-order valence-electron chi connectivity index (χ1n) is 9.53. The van der Waals surface area contributed by atoms with E-state index in [4.69, 9.17) is 21.1 Å². The molecule has 1 aromatic heterocycles. The predicted molar refractivity (Wildman–Crippen MR) is 119 cm³/mol. The summed E-state index contributed by atoms with van der Waals surface area (Å²) in [5, 5.41) is 6.82. The van der Waals surface area contributed by atoms with E-state index in [9.17, 15) is 4.79 Å². The molecule has 0 aliphatic heterocycles. The van der Waals surface area contributed by atoms with Crippen molar-refractivity contribution in [1.29, 1.82) is 0 Å². The fraction of sp³-hybridized carbons (Fsp3) is 0.217. The second kappa shape index (κ2) is 10.5. The van der Waals surface area contributed by atoms with Gasteiger partial charge in [-0.3, -0.25) is 4.79 Å². The summed E-state index contributed by atoms with van der Waals surface area (Å²) < 4.78 is 10.5. The summed E-state index contributed by atoms with van der Waals surface area (Å²) >= 11 is 6.16. The second-order valence-electron chi connectivity index (χ2n) is 6.57. The van der Waals surface area contributed by atoms with Gasteiger partial charge in [0.1, 0.15) is 5.82 Å². The Balaban J connectivity index is 1.49. The zero-order valence-electron chi connectivity index (χ0n) is 16.9. The molecule has 0 spiro atoms. The van der Waals surface area contributed by atoms with Gasteiger partial charge < -0.3 is 20.1 Å². The third kappa shape index (κ3) is 5.64. The predicted octanol–water partition coefficient (Wildman–Crippen LogP) is 4.34. The van der Waals surface area contributed by atoms with Crippen LogP contribution in [-0.2, 0) is 13.0 Å². The third-order valence-electron chi connectivity index (χ3n) is 4.59. The molecule has 156 valence electrons. The lowest BCUT2D eigenvalue weighted by Gasteiger charge is -2.10. The molecule has 1 heterocycles. The maximum atomic E-state index is 12.4. The Hall–Kier alpha value is -3.25. The lowest BCUT2D eigenvalue weighted by molar-refractivity contribution is 0.0954. The molecule has 1 amide bonds. The number of rotatable bonds is 9. The van der Waals surface area contributed by atoms with Crippen LogP contribution in [0.4, 0.5) is 5.82 Å². The molecule has 0 fully saturated rings. The monoisotopic (exact) mass is 425 g/mol. The molecule has 0 aliphatic carbocycles. The first kappa shape index (κ1) is 21.5.